The molecule has 1 aromatic heterocycles. The highest BCUT2D eigenvalue weighted by atomic mass is 32.1. The number of aliphatic hydroxyl groups is 1. The van der Waals surface area contributed by atoms with Gasteiger partial charge in [-0.2, -0.15) is 4.68 Å². The fourth-order valence-corrected chi connectivity index (χ4v) is 2.92. The molecule has 0 spiro atoms. The molecule has 1 aliphatic heterocycles. The van der Waals surface area contributed by atoms with Crippen molar-refractivity contribution in [3.05, 3.63) is 29.1 Å². The van der Waals surface area contributed by atoms with Crippen LogP contribution in [0.5, 0.6) is 5.75 Å². The molecular weight excluding hydrogens is 302 g/mol. The number of ether oxygens (including phenoxy) is 1. The smallest absolute Gasteiger partial charge is 0.292 e. The lowest BCUT2D eigenvalue weighted by molar-refractivity contribution is -0.931. The van der Waals surface area contributed by atoms with Gasteiger partial charge < -0.3 is 19.2 Å². The van der Waals surface area contributed by atoms with Gasteiger partial charge in [-0.05, 0) is 49.3 Å². The Morgan fingerprint density at radius 2 is 2.23 bits per heavy atom. The average molecular weight is 322 g/mol. The van der Waals surface area contributed by atoms with Gasteiger partial charge in [-0.25, -0.2) is 0 Å². The first-order valence-corrected chi connectivity index (χ1v) is 7.80. The van der Waals surface area contributed by atoms with E-state index in [4.69, 9.17) is 21.4 Å². The molecule has 1 fully saturated rings. The fourth-order valence-electron chi connectivity index (χ4n) is 2.74. The van der Waals surface area contributed by atoms with Crippen LogP contribution in [0.2, 0.25) is 0 Å². The molecule has 1 aromatic carbocycles. The molecule has 0 bridgehead atoms. The van der Waals surface area contributed by atoms with E-state index in [-0.39, 0.29) is 6.10 Å². The molecule has 22 heavy (non-hydrogen) atoms. The number of benzene rings is 1. The van der Waals surface area contributed by atoms with Gasteiger partial charge in [0.1, 0.15) is 18.4 Å². The molecule has 2 aromatic rings. The van der Waals surface area contributed by atoms with Crippen molar-refractivity contribution in [2.75, 3.05) is 20.2 Å². The molecule has 0 aliphatic carbocycles. The van der Waals surface area contributed by atoms with Gasteiger partial charge in [0.2, 0.25) is 5.89 Å². The van der Waals surface area contributed by atoms with Crippen LogP contribution in [0, 0.1) is 4.84 Å². The number of aromatic nitrogens is 2. The van der Waals surface area contributed by atoms with Gasteiger partial charge in [0, 0.05) is 5.56 Å². The zero-order chi connectivity index (χ0) is 15.5. The number of rotatable bonds is 4. The topological polar surface area (TPSA) is 64.9 Å². The maximum atomic E-state index is 9.75. The van der Waals surface area contributed by atoms with E-state index in [0.29, 0.717) is 17.4 Å². The number of nitrogens with one attached hydrogen (secondary N) is 1. The summed E-state index contributed by atoms with van der Waals surface area (Å²) < 4.78 is 12.4. The third-order valence-corrected chi connectivity index (χ3v) is 4.20. The highest BCUT2D eigenvalue weighted by Gasteiger charge is 2.22. The molecule has 2 atom stereocenters. The molecule has 7 heteroatoms. The first-order valence-electron chi connectivity index (χ1n) is 7.39. The van der Waals surface area contributed by atoms with E-state index in [9.17, 15) is 5.11 Å². The quantitative estimate of drug-likeness (QED) is 0.818. The lowest BCUT2D eigenvalue weighted by atomic mass is 10.1. The van der Waals surface area contributed by atoms with Gasteiger partial charge in [-0.15, -0.1) is 5.10 Å². The molecule has 2 heterocycles. The van der Waals surface area contributed by atoms with Crippen molar-refractivity contribution < 1.29 is 19.2 Å². The van der Waals surface area contributed by atoms with Crippen LogP contribution in [-0.2, 0) is 6.67 Å². The Morgan fingerprint density at radius 1 is 1.45 bits per heavy atom. The maximum Gasteiger partial charge on any atom is 0.292 e. The van der Waals surface area contributed by atoms with Crippen LogP contribution in [0.25, 0.3) is 11.5 Å². The lowest BCUT2D eigenvalue weighted by Crippen LogP contribution is -3.13. The van der Waals surface area contributed by atoms with Crippen molar-refractivity contribution in [3.8, 4) is 17.2 Å². The summed E-state index contributed by atoms with van der Waals surface area (Å²) in [6, 6.07) is 7.50. The zero-order valence-corrected chi connectivity index (χ0v) is 13.3. The maximum absolute atomic E-state index is 9.75. The molecule has 1 unspecified atom stereocenters. The van der Waals surface area contributed by atoms with Gasteiger partial charge in [0.15, 0.2) is 6.67 Å². The molecule has 2 N–H and O–H groups in total. The summed E-state index contributed by atoms with van der Waals surface area (Å²) in [5.41, 5.74) is 0.860. The van der Waals surface area contributed by atoms with E-state index in [1.54, 1.807) is 11.8 Å². The minimum Gasteiger partial charge on any atom is -0.497 e. The highest BCUT2D eigenvalue weighted by molar-refractivity contribution is 7.71. The van der Waals surface area contributed by atoms with Crippen molar-refractivity contribution in [3.63, 3.8) is 0 Å². The molecule has 6 nitrogen and oxygen atoms in total. The van der Waals surface area contributed by atoms with Crippen LogP contribution in [0.3, 0.4) is 0 Å². The third-order valence-electron chi connectivity index (χ3n) is 3.91. The summed E-state index contributed by atoms with van der Waals surface area (Å²) in [6.45, 7) is 2.37. The molecule has 0 saturated carbocycles. The van der Waals surface area contributed by atoms with Crippen LogP contribution >= 0.6 is 12.2 Å². The second-order valence-corrected chi connectivity index (χ2v) is 5.91. The van der Waals surface area contributed by atoms with Crippen molar-refractivity contribution in [2.24, 2.45) is 0 Å². The van der Waals surface area contributed by atoms with Crippen LogP contribution in [0.15, 0.2) is 28.7 Å². The lowest BCUT2D eigenvalue weighted by Gasteiger charge is -2.26. The van der Waals surface area contributed by atoms with Crippen LogP contribution in [-0.4, -0.2) is 41.2 Å². The van der Waals surface area contributed by atoms with Crippen molar-refractivity contribution in [1.29, 1.82) is 0 Å². The largest absolute Gasteiger partial charge is 0.497 e. The van der Waals surface area contributed by atoms with Crippen LogP contribution in [0.1, 0.15) is 12.8 Å². The fraction of sp³-hybridized carbons (Fsp3) is 0.467. The van der Waals surface area contributed by atoms with Crippen molar-refractivity contribution in [2.45, 2.75) is 25.6 Å². The summed E-state index contributed by atoms with van der Waals surface area (Å²) in [6.07, 6.45) is 1.67. The van der Waals surface area contributed by atoms with Crippen molar-refractivity contribution in [1.82, 2.24) is 9.78 Å². The second kappa shape index (κ2) is 6.60. The van der Waals surface area contributed by atoms with Gasteiger partial charge in [-0.1, -0.05) is 0 Å². The number of aliphatic hydroxyl groups excluding tert-OH is 1. The zero-order valence-electron chi connectivity index (χ0n) is 12.5. The normalized spacial score (nSPS) is 21.7. The average Bonchev–Trinajstić information content (AvgIpc) is 2.88. The summed E-state index contributed by atoms with van der Waals surface area (Å²) >= 11 is 5.25. The van der Waals surface area contributed by atoms with Crippen molar-refractivity contribution >= 4 is 12.2 Å². The van der Waals surface area contributed by atoms with Crippen LogP contribution < -0.4 is 9.64 Å². The molecule has 118 valence electrons. The first-order chi connectivity index (χ1) is 10.7. The number of likely N-dealkylation sites (tertiary alicyclic amines) is 1. The van der Waals surface area contributed by atoms with E-state index >= 15 is 0 Å². The summed E-state index contributed by atoms with van der Waals surface area (Å²) in [7, 11) is 1.63. The summed E-state index contributed by atoms with van der Waals surface area (Å²) in [5, 5.41) is 14.2. The van der Waals surface area contributed by atoms with Crippen LogP contribution in [0.4, 0.5) is 0 Å². The number of hydrogen-bond acceptors (Lipinski definition) is 5. The van der Waals surface area contributed by atoms with Gasteiger partial charge in [0.05, 0.1) is 13.7 Å². The molecule has 3 rings (SSSR count). The Morgan fingerprint density at radius 3 is 2.91 bits per heavy atom. The molecule has 1 saturated heterocycles. The Balaban J connectivity index is 1.76. The van der Waals surface area contributed by atoms with E-state index in [1.807, 2.05) is 24.3 Å². The SMILES string of the molecule is COc1ccc(-c2nn(C[NH+]3CCC[C@@H](O)C3)c(=S)o2)cc1. The van der Waals surface area contributed by atoms with E-state index in [1.165, 1.54) is 4.90 Å². The van der Waals surface area contributed by atoms with E-state index < -0.39 is 0 Å². The molecule has 0 amide bonds. The predicted molar refractivity (Wildman–Crippen MR) is 83.3 cm³/mol. The third kappa shape index (κ3) is 3.37. The number of hydrogen-bond donors (Lipinski definition) is 2. The molecule has 0 radical (unpaired) electrons. The monoisotopic (exact) mass is 322 g/mol. The molecular formula is C15H20N3O3S+. The number of methoxy groups -OCH3 is 1. The van der Waals surface area contributed by atoms with Gasteiger partial charge >= 0.3 is 0 Å². The standard InChI is InChI=1S/C15H19N3O3S/c1-20-13-6-4-11(5-7-13)14-16-18(15(22)21-14)10-17-8-2-3-12(19)9-17/h4-7,12,19H,2-3,8-10H2,1H3/p+1/t12-/m1/s1. The first kappa shape index (κ1) is 15.2. The van der Waals surface area contributed by atoms with Gasteiger partial charge in [-0.3, -0.25) is 0 Å². The summed E-state index contributed by atoms with van der Waals surface area (Å²) in [5.74, 6) is 1.29. The number of piperidine rings is 1. The second-order valence-electron chi connectivity index (χ2n) is 5.56. The number of nitrogens with zero attached hydrogens (tertiary/aromatic N) is 2. The van der Waals surface area contributed by atoms with E-state index in [0.717, 1.165) is 37.2 Å². The van der Waals surface area contributed by atoms with E-state index in [2.05, 4.69) is 5.10 Å². The van der Waals surface area contributed by atoms with Gasteiger partial charge in [0.25, 0.3) is 4.84 Å². The molecule has 1 aliphatic rings. The number of quaternary nitrogens is 1. The minimum absolute atomic E-state index is 0.231. The minimum atomic E-state index is -0.231. The summed E-state index contributed by atoms with van der Waals surface area (Å²) in [4.78, 5) is 1.63. The Labute approximate surface area is 133 Å². The predicted octanol–water partition coefficient (Wildman–Crippen LogP) is 0.878. The Hall–Kier alpha value is -1.70. The Kier molecular flexibility index (Phi) is 4.56. The highest BCUT2D eigenvalue weighted by Crippen LogP contribution is 2.20. The Bertz CT molecular complexity index is 680.